The summed E-state index contributed by atoms with van der Waals surface area (Å²) in [6.07, 6.45) is -0.967. The van der Waals surface area contributed by atoms with Gasteiger partial charge in [0.15, 0.2) is 0 Å². The molecule has 1 aliphatic heterocycles. The molecule has 1 unspecified atom stereocenters. The van der Waals surface area contributed by atoms with E-state index in [4.69, 9.17) is 5.11 Å². The molecule has 10 heteroatoms. The number of nitrogens with one attached hydrogen (secondary N) is 1. The molecule has 2 aromatic rings. The van der Waals surface area contributed by atoms with Crippen LogP contribution in [0.25, 0.3) is 10.9 Å². The molecular weight excluding hydrogens is 367 g/mol. The molecule has 2 amide bonds. The Morgan fingerprint density at radius 1 is 1.26 bits per heavy atom. The highest BCUT2D eigenvalue weighted by molar-refractivity contribution is 5.97. The van der Waals surface area contributed by atoms with Gasteiger partial charge < -0.3 is 15.3 Å². The van der Waals surface area contributed by atoms with Gasteiger partial charge in [0.1, 0.15) is 17.6 Å². The van der Waals surface area contributed by atoms with E-state index in [2.05, 4.69) is 10.3 Å². The van der Waals surface area contributed by atoms with Gasteiger partial charge in [0, 0.05) is 11.8 Å². The number of carbonyl (C=O) groups excluding carboxylic acids is 2. The predicted octanol–water partition coefficient (Wildman–Crippen LogP) is 1.42. The van der Waals surface area contributed by atoms with Crippen molar-refractivity contribution in [2.45, 2.75) is 18.4 Å². The fourth-order valence-electron chi connectivity index (χ4n) is 2.87. The number of likely N-dealkylation sites (tertiary alicyclic amines) is 1. The van der Waals surface area contributed by atoms with Gasteiger partial charge in [-0.25, -0.2) is 22.9 Å². The molecule has 0 radical (unpaired) electrons. The zero-order chi connectivity index (χ0) is 19.8. The van der Waals surface area contributed by atoms with E-state index in [1.165, 1.54) is 30.3 Å². The van der Waals surface area contributed by atoms with Crippen LogP contribution in [0.5, 0.6) is 0 Å². The fraction of sp³-hybridized carbons (Fsp3) is 0.294. The summed E-state index contributed by atoms with van der Waals surface area (Å²) < 4.78 is 40.0. The van der Waals surface area contributed by atoms with Crippen molar-refractivity contribution in [3.05, 3.63) is 41.8 Å². The molecule has 1 aromatic heterocycles. The zero-order valence-electron chi connectivity index (χ0n) is 13.8. The monoisotopic (exact) mass is 381 g/mol. The summed E-state index contributed by atoms with van der Waals surface area (Å²) in [5.41, 5.74) is 0.309. The van der Waals surface area contributed by atoms with E-state index in [-0.39, 0.29) is 5.69 Å². The first-order valence-corrected chi connectivity index (χ1v) is 7.91. The molecule has 0 saturated carbocycles. The van der Waals surface area contributed by atoms with Crippen molar-refractivity contribution >= 4 is 28.7 Å². The van der Waals surface area contributed by atoms with Crippen molar-refractivity contribution in [2.24, 2.45) is 0 Å². The SMILES string of the molecule is O=C(NCC(=O)N1CC(F)(F)CC1C(=O)O)c1ccc2cc(F)ccc2n1. The van der Waals surface area contributed by atoms with E-state index < -0.39 is 55.1 Å². The Labute approximate surface area is 150 Å². The Balaban J connectivity index is 1.67. The Kier molecular flexibility index (Phi) is 4.73. The standard InChI is InChI=1S/C17H14F3N3O4/c18-10-2-4-11-9(5-10)1-3-12(22-11)15(25)21-7-14(24)23-8-17(19,20)6-13(23)16(26)27/h1-5,13H,6-8H2,(H,21,25)(H,26,27). The summed E-state index contributed by atoms with van der Waals surface area (Å²) in [5, 5.41) is 11.7. The molecule has 1 atom stereocenters. The Morgan fingerprint density at radius 2 is 2.00 bits per heavy atom. The first kappa shape index (κ1) is 18.6. The summed E-state index contributed by atoms with van der Waals surface area (Å²) in [4.78, 5) is 39.9. The molecule has 0 spiro atoms. The first-order valence-electron chi connectivity index (χ1n) is 7.91. The summed E-state index contributed by atoms with van der Waals surface area (Å²) in [6, 6.07) is 4.97. The first-order chi connectivity index (χ1) is 12.7. The molecule has 2 heterocycles. The van der Waals surface area contributed by atoms with Crippen LogP contribution < -0.4 is 5.32 Å². The van der Waals surface area contributed by atoms with Crippen LogP contribution in [-0.4, -0.2) is 57.8 Å². The van der Waals surface area contributed by atoms with Crippen LogP contribution in [0, 0.1) is 5.82 Å². The van der Waals surface area contributed by atoms with Gasteiger partial charge in [-0.05, 0) is 24.3 Å². The minimum absolute atomic E-state index is 0.0524. The van der Waals surface area contributed by atoms with Crippen LogP contribution >= 0.6 is 0 Å². The van der Waals surface area contributed by atoms with E-state index in [1.807, 2.05) is 0 Å². The Morgan fingerprint density at radius 3 is 2.70 bits per heavy atom. The number of halogens is 3. The number of carboxylic acid groups (broad SMARTS) is 1. The number of carbonyl (C=O) groups is 3. The smallest absolute Gasteiger partial charge is 0.326 e. The summed E-state index contributed by atoms with van der Waals surface area (Å²) in [5.74, 6) is -6.96. The molecule has 0 aliphatic carbocycles. The second-order valence-electron chi connectivity index (χ2n) is 6.15. The minimum atomic E-state index is -3.29. The number of hydrogen-bond donors (Lipinski definition) is 2. The minimum Gasteiger partial charge on any atom is -0.480 e. The summed E-state index contributed by atoms with van der Waals surface area (Å²) in [7, 11) is 0. The van der Waals surface area contributed by atoms with E-state index in [9.17, 15) is 27.6 Å². The van der Waals surface area contributed by atoms with Gasteiger partial charge in [-0.3, -0.25) is 9.59 Å². The van der Waals surface area contributed by atoms with Gasteiger partial charge in [-0.2, -0.15) is 0 Å². The normalized spacial score (nSPS) is 18.5. The van der Waals surface area contributed by atoms with E-state index in [1.54, 1.807) is 0 Å². The molecule has 1 aromatic carbocycles. The Hall–Kier alpha value is -3.17. The number of carboxylic acids is 1. The van der Waals surface area contributed by atoms with Crippen molar-refractivity contribution in [3.8, 4) is 0 Å². The van der Waals surface area contributed by atoms with Gasteiger partial charge in [-0.1, -0.05) is 6.07 Å². The Bertz CT molecular complexity index is 935. The second-order valence-corrected chi connectivity index (χ2v) is 6.15. The summed E-state index contributed by atoms with van der Waals surface area (Å²) >= 11 is 0. The second kappa shape index (κ2) is 6.86. The van der Waals surface area contributed by atoms with E-state index in [0.29, 0.717) is 15.8 Å². The maximum absolute atomic E-state index is 13.4. The number of rotatable bonds is 4. The number of amides is 2. The van der Waals surface area contributed by atoms with Crippen LogP contribution in [0.1, 0.15) is 16.9 Å². The maximum Gasteiger partial charge on any atom is 0.326 e. The van der Waals surface area contributed by atoms with Crippen molar-refractivity contribution in [1.29, 1.82) is 0 Å². The van der Waals surface area contributed by atoms with Crippen LogP contribution in [0.2, 0.25) is 0 Å². The lowest BCUT2D eigenvalue weighted by Gasteiger charge is -2.20. The molecule has 142 valence electrons. The number of pyridine rings is 1. The quantitative estimate of drug-likeness (QED) is 0.835. The predicted molar refractivity (Wildman–Crippen MR) is 86.7 cm³/mol. The van der Waals surface area contributed by atoms with Gasteiger partial charge in [0.25, 0.3) is 11.8 Å². The number of aliphatic carboxylic acids is 1. The van der Waals surface area contributed by atoms with Crippen LogP contribution in [0.3, 0.4) is 0 Å². The van der Waals surface area contributed by atoms with Gasteiger partial charge in [-0.15, -0.1) is 0 Å². The molecule has 0 bridgehead atoms. The van der Waals surface area contributed by atoms with Crippen molar-refractivity contribution in [1.82, 2.24) is 15.2 Å². The molecule has 1 fully saturated rings. The number of hydrogen-bond acceptors (Lipinski definition) is 4. The molecule has 3 rings (SSSR count). The molecular formula is C17H14F3N3O4. The van der Waals surface area contributed by atoms with Crippen molar-refractivity contribution in [3.63, 3.8) is 0 Å². The topological polar surface area (TPSA) is 99.6 Å². The summed E-state index contributed by atoms with van der Waals surface area (Å²) in [6.45, 7) is -1.67. The number of benzene rings is 1. The van der Waals surface area contributed by atoms with Crippen molar-refractivity contribution < 1.29 is 32.7 Å². The van der Waals surface area contributed by atoms with Crippen LogP contribution in [0.15, 0.2) is 30.3 Å². The third kappa shape index (κ3) is 3.99. The molecule has 2 N–H and O–H groups in total. The highest BCUT2D eigenvalue weighted by Gasteiger charge is 2.50. The fourth-order valence-corrected chi connectivity index (χ4v) is 2.87. The lowest BCUT2D eigenvalue weighted by molar-refractivity contribution is -0.147. The largest absolute Gasteiger partial charge is 0.480 e. The van der Waals surface area contributed by atoms with Gasteiger partial charge in [0.2, 0.25) is 5.91 Å². The maximum atomic E-state index is 13.4. The molecule has 1 saturated heterocycles. The number of nitrogens with zero attached hydrogens (tertiary/aromatic N) is 2. The van der Waals surface area contributed by atoms with Crippen molar-refractivity contribution in [2.75, 3.05) is 13.1 Å². The average Bonchev–Trinajstić information content (AvgIpc) is 2.95. The average molecular weight is 381 g/mol. The van der Waals surface area contributed by atoms with Gasteiger partial charge in [0.05, 0.1) is 18.6 Å². The number of aromatic nitrogens is 1. The number of fused-ring (bicyclic) bond motifs is 1. The lowest BCUT2D eigenvalue weighted by atomic mass is 10.2. The highest BCUT2D eigenvalue weighted by atomic mass is 19.3. The number of alkyl halides is 2. The highest BCUT2D eigenvalue weighted by Crippen LogP contribution is 2.32. The van der Waals surface area contributed by atoms with E-state index in [0.717, 1.165) is 0 Å². The van der Waals surface area contributed by atoms with Crippen LogP contribution in [-0.2, 0) is 9.59 Å². The molecule has 27 heavy (non-hydrogen) atoms. The zero-order valence-corrected chi connectivity index (χ0v) is 13.8. The molecule has 7 nitrogen and oxygen atoms in total. The van der Waals surface area contributed by atoms with E-state index >= 15 is 0 Å². The third-order valence-corrected chi connectivity index (χ3v) is 4.16. The van der Waals surface area contributed by atoms with Gasteiger partial charge >= 0.3 is 5.97 Å². The third-order valence-electron chi connectivity index (χ3n) is 4.16. The lowest BCUT2D eigenvalue weighted by Crippen LogP contribution is -2.45. The van der Waals surface area contributed by atoms with Crippen LogP contribution in [0.4, 0.5) is 13.2 Å². The molecule has 1 aliphatic rings.